The van der Waals surface area contributed by atoms with Gasteiger partial charge in [-0.15, -0.1) is 5.10 Å². The number of aldehydes is 1. The molecule has 1 aliphatic carbocycles. The largest absolute Gasteiger partial charge is 0.385 e. The summed E-state index contributed by atoms with van der Waals surface area (Å²) in [6.45, 7) is 0. The third-order valence-corrected chi connectivity index (χ3v) is 4.37. The first kappa shape index (κ1) is 16.1. The van der Waals surface area contributed by atoms with Gasteiger partial charge in [0.15, 0.2) is 17.2 Å². The number of primary amides is 1. The number of fused-ring (bicyclic) bond motifs is 1. The van der Waals surface area contributed by atoms with Crippen molar-refractivity contribution in [2.24, 2.45) is 5.73 Å². The third kappa shape index (κ3) is 2.75. The summed E-state index contributed by atoms with van der Waals surface area (Å²) in [5.74, 6) is 0.228. The minimum Gasteiger partial charge on any atom is -0.385 e. The van der Waals surface area contributed by atoms with Crippen LogP contribution in [0.1, 0.15) is 45.3 Å². The van der Waals surface area contributed by atoms with Crippen LogP contribution in [0.25, 0.3) is 5.65 Å². The lowest BCUT2D eigenvalue weighted by atomic mass is 10.2. The van der Waals surface area contributed by atoms with Crippen molar-refractivity contribution in [1.82, 2.24) is 14.6 Å². The second-order valence-corrected chi connectivity index (χ2v) is 6.28. The molecule has 3 aromatic rings. The van der Waals surface area contributed by atoms with Crippen molar-refractivity contribution < 1.29 is 9.59 Å². The number of hydrogen-bond acceptors (Lipinski definition) is 6. The molecule has 0 saturated heterocycles. The van der Waals surface area contributed by atoms with E-state index >= 15 is 0 Å². The molecule has 1 amide bonds. The van der Waals surface area contributed by atoms with Crippen LogP contribution in [0.15, 0.2) is 30.3 Å². The quantitative estimate of drug-likeness (QED) is 0.588. The molecule has 2 aromatic heterocycles. The van der Waals surface area contributed by atoms with Gasteiger partial charge in [0.05, 0.1) is 11.4 Å². The third-order valence-electron chi connectivity index (χ3n) is 4.37. The predicted octanol–water partition coefficient (Wildman–Crippen LogP) is 2.30. The molecule has 2 heterocycles. The minimum absolute atomic E-state index is 0.268. The zero-order valence-electron chi connectivity index (χ0n) is 14.2. The van der Waals surface area contributed by atoms with E-state index in [0.29, 0.717) is 34.1 Å². The van der Waals surface area contributed by atoms with Gasteiger partial charge in [-0.05, 0) is 25.0 Å². The molecule has 8 nitrogen and oxygen atoms in total. The van der Waals surface area contributed by atoms with Gasteiger partial charge in [0.1, 0.15) is 6.29 Å². The Bertz CT molecular complexity index is 1020. The maximum atomic E-state index is 12.0. The van der Waals surface area contributed by atoms with Crippen LogP contribution >= 0.6 is 0 Å². The van der Waals surface area contributed by atoms with Crippen LogP contribution in [0.2, 0.25) is 0 Å². The molecule has 4 rings (SSSR count). The maximum absolute atomic E-state index is 12.0. The number of rotatable bonds is 6. The Morgan fingerprint density at radius 3 is 2.81 bits per heavy atom. The Kier molecular flexibility index (Phi) is 3.80. The van der Waals surface area contributed by atoms with Crippen molar-refractivity contribution in [3.05, 3.63) is 47.3 Å². The van der Waals surface area contributed by atoms with E-state index in [2.05, 4.69) is 20.7 Å². The van der Waals surface area contributed by atoms with Gasteiger partial charge in [-0.25, -0.2) is 9.50 Å². The van der Waals surface area contributed by atoms with E-state index in [1.165, 1.54) is 4.52 Å². The summed E-state index contributed by atoms with van der Waals surface area (Å²) >= 11 is 0. The highest BCUT2D eigenvalue weighted by atomic mass is 16.1. The molecule has 0 bridgehead atoms. The summed E-state index contributed by atoms with van der Waals surface area (Å²) in [5, 5.41) is 10.7. The molecule has 4 N–H and O–H groups in total. The first-order valence-electron chi connectivity index (χ1n) is 8.34. The lowest BCUT2D eigenvalue weighted by Gasteiger charge is -2.10. The van der Waals surface area contributed by atoms with Gasteiger partial charge in [0, 0.05) is 30.3 Å². The number of nitrogens with zero attached hydrogens (tertiary/aromatic N) is 3. The highest BCUT2D eigenvalue weighted by Gasteiger charge is 2.33. The van der Waals surface area contributed by atoms with Crippen LogP contribution in [0.4, 0.5) is 17.2 Å². The highest BCUT2D eigenvalue weighted by molar-refractivity contribution is 5.94. The van der Waals surface area contributed by atoms with E-state index in [-0.39, 0.29) is 5.92 Å². The molecule has 1 aromatic carbocycles. The van der Waals surface area contributed by atoms with Crippen molar-refractivity contribution >= 4 is 35.0 Å². The number of carbonyl (C=O) groups is 2. The van der Waals surface area contributed by atoms with Gasteiger partial charge in [-0.2, -0.15) is 0 Å². The van der Waals surface area contributed by atoms with Crippen molar-refractivity contribution in [2.45, 2.75) is 18.8 Å². The normalized spacial score (nSPS) is 13.6. The zero-order chi connectivity index (χ0) is 18.3. The smallest absolute Gasteiger partial charge is 0.269 e. The zero-order valence-corrected chi connectivity index (χ0v) is 14.2. The summed E-state index contributed by atoms with van der Waals surface area (Å²) in [6.07, 6.45) is 2.79. The van der Waals surface area contributed by atoms with E-state index in [1.54, 1.807) is 31.3 Å². The fourth-order valence-corrected chi connectivity index (χ4v) is 2.99. The number of anilines is 3. The maximum Gasteiger partial charge on any atom is 0.269 e. The number of nitrogens with two attached hydrogens (primary N) is 1. The SMILES string of the molecule is CNc1cc(Nc2cccc(C=O)c2)nn2c(C(N)=O)c(C3CC3)nc12. The Morgan fingerprint density at radius 2 is 2.15 bits per heavy atom. The molecule has 1 fully saturated rings. The summed E-state index contributed by atoms with van der Waals surface area (Å²) in [5.41, 5.74) is 9.20. The van der Waals surface area contributed by atoms with E-state index in [1.807, 2.05) is 6.07 Å². The second-order valence-electron chi connectivity index (χ2n) is 6.28. The number of nitrogens with one attached hydrogen (secondary N) is 2. The van der Waals surface area contributed by atoms with Gasteiger partial charge >= 0.3 is 0 Å². The molecule has 1 aliphatic rings. The van der Waals surface area contributed by atoms with E-state index < -0.39 is 5.91 Å². The summed E-state index contributed by atoms with van der Waals surface area (Å²) in [6, 6.07) is 8.85. The summed E-state index contributed by atoms with van der Waals surface area (Å²) in [4.78, 5) is 27.6. The van der Waals surface area contributed by atoms with E-state index in [0.717, 1.165) is 24.8 Å². The fourth-order valence-electron chi connectivity index (χ4n) is 2.99. The Balaban J connectivity index is 1.84. The molecule has 0 radical (unpaired) electrons. The summed E-state index contributed by atoms with van der Waals surface area (Å²) in [7, 11) is 1.78. The van der Waals surface area contributed by atoms with Crippen molar-refractivity contribution in [2.75, 3.05) is 17.7 Å². The molecular formula is C18H18N6O2. The van der Waals surface area contributed by atoms with Gasteiger partial charge in [-0.1, -0.05) is 12.1 Å². The van der Waals surface area contributed by atoms with E-state index in [4.69, 9.17) is 5.73 Å². The molecular weight excluding hydrogens is 332 g/mol. The van der Waals surface area contributed by atoms with E-state index in [9.17, 15) is 9.59 Å². The van der Waals surface area contributed by atoms with Crippen LogP contribution in [-0.2, 0) is 0 Å². The van der Waals surface area contributed by atoms with Gasteiger partial charge in [0.25, 0.3) is 5.91 Å². The molecule has 0 unspecified atom stereocenters. The standard InChI is InChI=1S/C18H18N6O2/c1-20-13-8-14(21-12-4-2-3-10(7-12)9-25)23-24-16(17(19)26)15(11-5-6-11)22-18(13)24/h2-4,7-9,11,20H,5-6H2,1H3,(H2,19,26)(H,21,23). The van der Waals surface area contributed by atoms with Crippen LogP contribution < -0.4 is 16.4 Å². The first-order valence-corrected chi connectivity index (χ1v) is 8.34. The monoisotopic (exact) mass is 350 g/mol. The van der Waals surface area contributed by atoms with Crippen LogP contribution in [0.3, 0.4) is 0 Å². The Morgan fingerprint density at radius 1 is 1.35 bits per heavy atom. The van der Waals surface area contributed by atoms with Crippen LogP contribution in [-0.4, -0.2) is 33.8 Å². The fraction of sp³-hybridized carbons (Fsp3) is 0.222. The topological polar surface area (TPSA) is 114 Å². The van der Waals surface area contributed by atoms with Crippen LogP contribution in [0.5, 0.6) is 0 Å². The Hall–Kier alpha value is -3.42. The molecule has 132 valence electrons. The molecule has 8 heteroatoms. The van der Waals surface area contributed by atoms with Gasteiger partial charge in [-0.3, -0.25) is 9.59 Å². The van der Waals surface area contributed by atoms with Crippen molar-refractivity contribution in [1.29, 1.82) is 0 Å². The molecule has 0 atom stereocenters. The van der Waals surface area contributed by atoms with Crippen molar-refractivity contribution in [3.8, 4) is 0 Å². The average molecular weight is 350 g/mol. The molecule has 0 aliphatic heterocycles. The second kappa shape index (κ2) is 6.14. The van der Waals surface area contributed by atoms with Crippen molar-refractivity contribution in [3.63, 3.8) is 0 Å². The lowest BCUT2D eigenvalue weighted by Crippen LogP contribution is -2.17. The number of amides is 1. The number of hydrogen-bond donors (Lipinski definition) is 3. The van der Waals surface area contributed by atoms with Gasteiger partial charge < -0.3 is 16.4 Å². The first-order chi connectivity index (χ1) is 12.6. The van der Waals surface area contributed by atoms with Crippen LogP contribution in [0, 0.1) is 0 Å². The Labute approximate surface area is 149 Å². The lowest BCUT2D eigenvalue weighted by molar-refractivity contribution is 0.0992. The number of benzene rings is 1. The summed E-state index contributed by atoms with van der Waals surface area (Å²) < 4.78 is 1.49. The van der Waals surface area contributed by atoms with Gasteiger partial charge in [0.2, 0.25) is 0 Å². The number of carbonyl (C=O) groups excluding carboxylic acids is 2. The molecule has 0 spiro atoms. The number of aromatic nitrogens is 3. The molecule has 1 saturated carbocycles. The predicted molar refractivity (Wildman–Crippen MR) is 98.1 cm³/mol. The highest BCUT2D eigenvalue weighted by Crippen LogP contribution is 2.41. The number of imidazole rings is 1. The minimum atomic E-state index is -0.547. The average Bonchev–Trinajstić information content (AvgIpc) is 3.41. The molecule has 26 heavy (non-hydrogen) atoms.